The van der Waals surface area contributed by atoms with Crippen LogP contribution in [0.4, 0.5) is 9.93 Å². The second kappa shape index (κ2) is 6.76. The van der Waals surface area contributed by atoms with Gasteiger partial charge in [0.05, 0.1) is 12.2 Å². The zero-order chi connectivity index (χ0) is 16.4. The number of carbonyl (C=O) groups is 1. The van der Waals surface area contributed by atoms with Crippen LogP contribution in [0, 0.1) is 0 Å². The number of urea groups is 1. The number of amides is 2. The number of hydrogen-bond donors (Lipinski definition) is 1. The smallest absolute Gasteiger partial charge is 0.323 e. The van der Waals surface area contributed by atoms with Gasteiger partial charge in [-0.1, -0.05) is 0 Å². The summed E-state index contributed by atoms with van der Waals surface area (Å²) in [5, 5.41) is 3.68. The van der Waals surface area contributed by atoms with Crippen molar-refractivity contribution in [2.24, 2.45) is 0 Å². The quantitative estimate of drug-likeness (QED) is 0.929. The molecule has 1 fully saturated rings. The summed E-state index contributed by atoms with van der Waals surface area (Å²) in [5.74, 6) is 0.796. The van der Waals surface area contributed by atoms with Crippen LogP contribution in [-0.2, 0) is 12.8 Å². The minimum absolute atomic E-state index is 0.0302. The summed E-state index contributed by atoms with van der Waals surface area (Å²) in [4.78, 5) is 24.1. The summed E-state index contributed by atoms with van der Waals surface area (Å²) < 4.78 is 5.90. The van der Waals surface area contributed by atoms with Gasteiger partial charge in [0.15, 0.2) is 5.13 Å². The molecule has 6 nitrogen and oxygen atoms in total. The zero-order valence-corrected chi connectivity index (χ0v) is 14.2. The predicted molar refractivity (Wildman–Crippen MR) is 92.6 cm³/mol. The van der Waals surface area contributed by atoms with Gasteiger partial charge in [0.1, 0.15) is 11.9 Å². The van der Waals surface area contributed by atoms with Gasteiger partial charge in [-0.25, -0.2) is 9.78 Å². The van der Waals surface area contributed by atoms with Crippen LogP contribution < -0.4 is 10.1 Å². The van der Waals surface area contributed by atoms with Gasteiger partial charge >= 0.3 is 6.03 Å². The van der Waals surface area contributed by atoms with Gasteiger partial charge in [0.25, 0.3) is 0 Å². The molecule has 4 rings (SSSR count). The molecule has 1 saturated heterocycles. The van der Waals surface area contributed by atoms with Crippen molar-refractivity contribution in [1.82, 2.24) is 14.9 Å². The highest BCUT2D eigenvalue weighted by Crippen LogP contribution is 2.30. The number of nitrogens with one attached hydrogen (secondary N) is 1. The molecular weight excluding hydrogens is 324 g/mol. The number of carbonyl (C=O) groups excluding carboxylic acids is 1. The van der Waals surface area contributed by atoms with Crippen molar-refractivity contribution in [2.45, 2.75) is 38.2 Å². The molecule has 24 heavy (non-hydrogen) atoms. The molecule has 3 heterocycles. The van der Waals surface area contributed by atoms with Gasteiger partial charge in [0, 0.05) is 30.2 Å². The van der Waals surface area contributed by atoms with E-state index in [0.717, 1.165) is 30.1 Å². The lowest BCUT2D eigenvalue weighted by Gasteiger charge is -2.17. The van der Waals surface area contributed by atoms with E-state index in [0.29, 0.717) is 13.1 Å². The molecule has 0 aromatic carbocycles. The van der Waals surface area contributed by atoms with Crippen LogP contribution >= 0.6 is 11.3 Å². The summed E-state index contributed by atoms with van der Waals surface area (Å²) in [6.07, 6.45) is 8.83. The van der Waals surface area contributed by atoms with Crippen LogP contribution in [0.2, 0.25) is 0 Å². The predicted octanol–water partition coefficient (Wildman–Crippen LogP) is 3.10. The first-order valence-electron chi connectivity index (χ1n) is 8.39. The highest BCUT2D eigenvalue weighted by molar-refractivity contribution is 7.15. The molecule has 126 valence electrons. The number of nitrogens with zero attached hydrogens (tertiary/aromatic N) is 3. The third kappa shape index (κ3) is 3.36. The summed E-state index contributed by atoms with van der Waals surface area (Å²) in [6.45, 7) is 1.30. The molecule has 0 spiro atoms. The van der Waals surface area contributed by atoms with Crippen molar-refractivity contribution in [3.8, 4) is 5.75 Å². The van der Waals surface area contributed by atoms with Crippen LogP contribution in [0.15, 0.2) is 24.5 Å². The topological polar surface area (TPSA) is 67.4 Å². The highest BCUT2D eigenvalue weighted by atomic mass is 32.1. The standard InChI is InChI=1S/C17H20N4O2S/c22-17(20-16-19-14-3-1-2-4-15(14)24-16)21-10-7-13(11-21)23-12-5-8-18-9-6-12/h5-6,8-9,13H,1-4,7,10-11H2,(H,19,20,22). The van der Waals surface area contributed by atoms with Crippen molar-refractivity contribution in [3.63, 3.8) is 0 Å². The van der Waals surface area contributed by atoms with Gasteiger partial charge in [-0.3, -0.25) is 10.3 Å². The molecule has 2 aromatic rings. The van der Waals surface area contributed by atoms with E-state index in [1.807, 2.05) is 12.1 Å². The Labute approximate surface area is 144 Å². The van der Waals surface area contributed by atoms with Crippen LogP contribution in [0.3, 0.4) is 0 Å². The Hall–Kier alpha value is -2.15. The lowest BCUT2D eigenvalue weighted by atomic mass is 10.0. The Morgan fingerprint density at radius 3 is 2.96 bits per heavy atom. The Bertz CT molecular complexity index is 695. The first-order chi connectivity index (χ1) is 11.8. The monoisotopic (exact) mass is 344 g/mol. The Balaban J connectivity index is 1.33. The molecule has 0 radical (unpaired) electrons. The fraction of sp³-hybridized carbons (Fsp3) is 0.471. The molecule has 0 saturated carbocycles. The van der Waals surface area contributed by atoms with Gasteiger partial charge < -0.3 is 9.64 Å². The normalized spacial score (nSPS) is 19.8. The fourth-order valence-electron chi connectivity index (χ4n) is 3.19. The maximum atomic E-state index is 12.4. The number of likely N-dealkylation sites (tertiary alicyclic amines) is 1. The lowest BCUT2D eigenvalue weighted by molar-refractivity contribution is 0.194. The van der Waals surface area contributed by atoms with Gasteiger partial charge in [-0.05, 0) is 37.8 Å². The molecule has 2 aliphatic rings. The second-order valence-electron chi connectivity index (χ2n) is 6.18. The summed E-state index contributed by atoms with van der Waals surface area (Å²) in [6, 6.07) is 3.59. The van der Waals surface area contributed by atoms with Crippen molar-refractivity contribution in [2.75, 3.05) is 18.4 Å². The summed E-state index contributed by atoms with van der Waals surface area (Å²) in [5.41, 5.74) is 1.17. The van der Waals surface area contributed by atoms with E-state index in [4.69, 9.17) is 4.74 Å². The Morgan fingerprint density at radius 2 is 2.12 bits per heavy atom. The molecule has 2 amide bonds. The number of anilines is 1. The molecule has 1 N–H and O–H groups in total. The third-order valence-electron chi connectivity index (χ3n) is 4.44. The van der Waals surface area contributed by atoms with Crippen molar-refractivity contribution in [3.05, 3.63) is 35.1 Å². The van der Waals surface area contributed by atoms with E-state index < -0.39 is 0 Å². The average molecular weight is 344 g/mol. The van der Waals surface area contributed by atoms with E-state index in [1.165, 1.54) is 23.4 Å². The number of aromatic nitrogens is 2. The maximum Gasteiger partial charge on any atom is 0.323 e. The molecule has 1 aliphatic heterocycles. The molecule has 1 aliphatic carbocycles. The first-order valence-corrected chi connectivity index (χ1v) is 9.21. The van der Waals surface area contributed by atoms with Crippen LogP contribution in [0.1, 0.15) is 29.8 Å². The largest absolute Gasteiger partial charge is 0.488 e. The van der Waals surface area contributed by atoms with E-state index in [9.17, 15) is 4.79 Å². The van der Waals surface area contributed by atoms with Gasteiger partial charge in [-0.2, -0.15) is 0 Å². The molecule has 7 heteroatoms. The number of pyridine rings is 1. The van der Waals surface area contributed by atoms with E-state index in [1.54, 1.807) is 28.6 Å². The van der Waals surface area contributed by atoms with E-state index in [-0.39, 0.29) is 12.1 Å². The van der Waals surface area contributed by atoms with Crippen molar-refractivity contribution in [1.29, 1.82) is 0 Å². The zero-order valence-electron chi connectivity index (χ0n) is 13.4. The molecule has 2 aromatic heterocycles. The van der Waals surface area contributed by atoms with Crippen molar-refractivity contribution < 1.29 is 9.53 Å². The number of aryl methyl sites for hydroxylation is 2. The first kappa shape index (κ1) is 15.4. The van der Waals surface area contributed by atoms with Gasteiger partial charge in [-0.15, -0.1) is 11.3 Å². The summed E-state index contributed by atoms with van der Waals surface area (Å²) in [7, 11) is 0. The Morgan fingerprint density at radius 1 is 1.29 bits per heavy atom. The van der Waals surface area contributed by atoms with E-state index in [2.05, 4.69) is 15.3 Å². The number of hydrogen-bond acceptors (Lipinski definition) is 5. The lowest BCUT2D eigenvalue weighted by Crippen LogP contribution is -2.34. The second-order valence-corrected chi connectivity index (χ2v) is 7.27. The molecule has 1 atom stereocenters. The van der Waals surface area contributed by atoms with Crippen LogP contribution in [0.25, 0.3) is 0 Å². The summed E-state index contributed by atoms with van der Waals surface area (Å²) >= 11 is 1.62. The maximum absolute atomic E-state index is 12.4. The molecule has 0 bridgehead atoms. The molecular formula is C17H20N4O2S. The number of rotatable bonds is 3. The van der Waals surface area contributed by atoms with Crippen LogP contribution in [-0.4, -0.2) is 40.1 Å². The van der Waals surface area contributed by atoms with Crippen molar-refractivity contribution >= 4 is 22.5 Å². The number of fused-ring (bicyclic) bond motifs is 1. The number of thiazole rings is 1. The average Bonchev–Trinajstić information content (AvgIpc) is 3.22. The SMILES string of the molecule is O=C(Nc1nc2c(s1)CCCC2)N1CCC(Oc2ccncc2)C1. The van der Waals surface area contributed by atoms with Crippen LogP contribution in [0.5, 0.6) is 5.75 Å². The molecule has 1 unspecified atom stereocenters. The highest BCUT2D eigenvalue weighted by Gasteiger charge is 2.28. The third-order valence-corrected chi connectivity index (χ3v) is 5.52. The Kier molecular flexibility index (Phi) is 4.34. The van der Waals surface area contributed by atoms with E-state index >= 15 is 0 Å². The van der Waals surface area contributed by atoms with Gasteiger partial charge in [0.2, 0.25) is 0 Å². The fourth-order valence-corrected chi connectivity index (χ4v) is 4.23. The number of ether oxygens (including phenoxy) is 1. The minimum Gasteiger partial charge on any atom is -0.488 e. The minimum atomic E-state index is -0.0816.